The molecule has 3 heteroatoms. The lowest BCUT2D eigenvalue weighted by molar-refractivity contribution is -0.119. The summed E-state index contributed by atoms with van der Waals surface area (Å²) in [4.78, 5) is 11.4. The lowest BCUT2D eigenvalue weighted by Gasteiger charge is -2.18. The maximum atomic E-state index is 11.4. The number of carbonyl (C=O) groups excluding carboxylic acids is 1. The highest BCUT2D eigenvalue weighted by Crippen LogP contribution is 2.35. The van der Waals surface area contributed by atoms with Crippen molar-refractivity contribution in [2.45, 2.75) is 25.7 Å². The van der Waals surface area contributed by atoms with Crippen molar-refractivity contribution in [3.05, 3.63) is 29.8 Å². The van der Waals surface area contributed by atoms with E-state index in [1.165, 1.54) is 0 Å². The average Bonchev–Trinajstić information content (AvgIpc) is 2.71. The van der Waals surface area contributed by atoms with E-state index in [1.807, 2.05) is 24.3 Å². The molecule has 2 unspecified atom stereocenters. The smallest absolute Gasteiger partial charge is 0.217 e. The average molecular weight is 208 g/mol. The standard InChI is InChI=1S/C12H15NO2/c1-8(13-9(2)14)11-7-15-12-6-4-3-5-10(11)12/h3-6,8,11H,7H2,1-2H3,(H,13,14)/i2D3. The summed E-state index contributed by atoms with van der Waals surface area (Å²) in [5.74, 6) is -0.121. The number of fused-ring (bicyclic) bond motifs is 1. The van der Waals surface area contributed by atoms with Gasteiger partial charge in [0.1, 0.15) is 5.75 Å². The molecule has 0 fully saturated rings. The second-order valence-electron chi connectivity index (χ2n) is 3.72. The Morgan fingerprint density at radius 1 is 1.67 bits per heavy atom. The molecule has 1 aliphatic heterocycles. The minimum absolute atomic E-state index is 0.00694. The summed E-state index contributed by atoms with van der Waals surface area (Å²) < 4.78 is 26.6. The van der Waals surface area contributed by atoms with Gasteiger partial charge in [-0.05, 0) is 13.0 Å². The van der Waals surface area contributed by atoms with Crippen LogP contribution in [-0.2, 0) is 4.79 Å². The zero-order chi connectivity index (χ0) is 13.3. The van der Waals surface area contributed by atoms with E-state index in [-0.39, 0.29) is 12.0 Å². The first-order valence-electron chi connectivity index (χ1n) is 6.42. The first kappa shape index (κ1) is 6.88. The highest BCUT2D eigenvalue weighted by molar-refractivity contribution is 5.73. The third-order valence-corrected chi connectivity index (χ3v) is 2.70. The van der Waals surface area contributed by atoms with Crippen molar-refractivity contribution >= 4 is 5.91 Å². The molecule has 3 nitrogen and oxygen atoms in total. The molecule has 0 aromatic heterocycles. The van der Waals surface area contributed by atoms with E-state index in [2.05, 4.69) is 5.32 Å². The highest BCUT2D eigenvalue weighted by atomic mass is 16.5. The van der Waals surface area contributed by atoms with E-state index in [9.17, 15) is 4.79 Å². The van der Waals surface area contributed by atoms with Crippen LogP contribution in [-0.4, -0.2) is 18.6 Å². The number of carbonyl (C=O) groups is 1. The first-order valence-corrected chi connectivity index (χ1v) is 4.92. The molecule has 0 saturated heterocycles. The van der Waals surface area contributed by atoms with Crippen molar-refractivity contribution in [3.8, 4) is 5.75 Å². The number of nitrogens with one attached hydrogen (secondary N) is 1. The Labute approximate surface area is 93.7 Å². The van der Waals surface area contributed by atoms with E-state index in [4.69, 9.17) is 8.85 Å². The molecule has 80 valence electrons. The summed E-state index contributed by atoms with van der Waals surface area (Å²) in [5, 5.41) is 2.52. The Balaban J connectivity index is 2.08. The van der Waals surface area contributed by atoms with Crippen LogP contribution in [0.4, 0.5) is 0 Å². The van der Waals surface area contributed by atoms with Crippen molar-refractivity contribution in [3.63, 3.8) is 0 Å². The number of para-hydroxylation sites is 1. The van der Waals surface area contributed by atoms with Crippen molar-refractivity contribution < 1.29 is 13.6 Å². The monoisotopic (exact) mass is 208 g/mol. The number of benzene rings is 1. The fourth-order valence-corrected chi connectivity index (χ4v) is 1.91. The number of amides is 1. The lowest BCUT2D eigenvalue weighted by Crippen LogP contribution is -2.36. The molecule has 1 aromatic rings. The number of rotatable bonds is 2. The van der Waals surface area contributed by atoms with Gasteiger partial charge in [0.2, 0.25) is 5.91 Å². The van der Waals surface area contributed by atoms with Crippen molar-refractivity contribution in [2.75, 3.05) is 6.61 Å². The molecule has 2 rings (SSSR count). The minimum atomic E-state index is -2.60. The van der Waals surface area contributed by atoms with Crippen LogP contribution in [0.1, 0.15) is 29.4 Å². The topological polar surface area (TPSA) is 38.3 Å². The van der Waals surface area contributed by atoms with E-state index in [0.29, 0.717) is 6.61 Å². The second-order valence-corrected chi connectivity index (χ2v) is 3.72. The fraction of sp³-hybridized carbons (Fsp3) is 0.417. The van der Waals surface area contributed by atoms with Crippen LogP contribution in [0.3, 0.4) is 0 Å². The number of hydrogen-bond donors (Lipinski definition) is 1. The second kappa shape index (κ2) is 3.93. The maximum Gasteiger partial charge on any atom is 0.217 e. The Bertz CT molecular complexity index is 459. The highest BCUT2D eigenvalue weighted by Gasteiger charge is 2.28. The van der Waals surface area contributed by atoms with Gasteiger partial charge in [-0.2, -0.15) is 0 Å². The number of hydrogen-bond acceptors (Lipinski definition) is 2. The van der Waals surface area contributed by atoms with Gasteiger partial charge in [0.05, 0.1) is 6.61 Å². The largest absolute Gasteiger partial charge is 0.493 e. The number of ether oxygens (including phenoxy) is 1. The molecule has 2 atom stereocenters. The van der Waals surface area contributed by atoms with Crippen LogP contribution in [0.15, 0.2) is 24.3 Å². The molecule has 0 saturated carbocycles. The van der Waals surface area contributed by atoms with Gasteiger partial charge in [0.25, 0.3) is 0 Å². The molecule has 1 aliphatic rings. The van der Waals surface area contributed by atoms with Crippen molar-refractivity contribution in [1.82, 2.24) is 5.32 Å². The van der Waals surface area contributed by atoms with E-state index >= 15 is 0 Å². The van der Waals surface area contributed by atoms with Gasteiger partial charge in [0, 0.05) is 28.5 Å². The van der Waals surface area contributed by atoms with E-state index in [1.54, 1.807) is 6.92 Å². The predicted octanol–water partition coefficient (Wildman–Crippen LogP) is 1.69. The normalized spacial score (nSPS) is 24.1. The van der Waals surface area contributed by atoms with Crippen LogP contribution in [0.5, 0.6) is 5.75 Å². The Kier molecular flexibility index (Phi) is 1.80. The van der Waals surface area contributed by atoms with Gasteiger partial charge >= 0.3 is 0 Å². The van der Waals surface area contributed by atoms with Gasteiger partial charge in [-0.25, -0.2) is 0 Å². The van der Waals surface area contributed by atoms with Gasteiger partial charge in [0.15, 0.2) is 0 Å². The van der Waals surface area contributed by atoms with Gasteiger partial charge in [-0.1, -0.05) is 18.2 Å². The van der Waals surface area contributed by atoms with Crippen LogP contribution in [0.25, 0.3) is 0 Å². The zero-order valence-corrected chi connectivity index (χ0v) is 8.49. The maximum absolute atomic E-state index is 11.4. The van der Waals surface area contributed by atoms with Crippen LogP contribution < -0.4 is 10.1 Å². The van der Waals surface area contributed by atoms with E-state index in [0.717, 1.165) is 11.3 Å². The summed E-state index contributed by atoms with van der Waals surface area (Å²) in [6.45, 7) is -0.352. The van der Waals surface area contributed by atoms with E-state index < -0.39 is 12.8 Å². The molecule has 0 aliphatic carbocycles. The van der Waals surface area contributed by atoms with Gasteiger partial charge < -0.3 is 10.1 Å². The minimum Gasteiger partial charge on any atom is -0.493 e. The van der Waals surface area contributed by atoms with Gasteiger partial charge in [-0.15, -0.1) is 0 Å². The SMILES string of the molecule is [2H]C([2H])([2H])C(=O)NC(C)C1COc2ccccc21. The van der Waals surface area contributed by atoms with Gasteiger partial charge in [-0.3, -0.25) is 4.79 Å². The van der Waals surface area contributed by atoms with Crippen LogP contribution in [0, 0.1) is 0 Å². The quantitative estimate of drug-likeness (QED) is 0.803. The Morgan fingerprint density at radius 2 is 2.47 bits per heavy atom. The molecule has 0 radical (unpaired) electrons. The zero-order valence-electron chi connectivity index (χ0n) is 11.5. The lowest BCUT2D eigenvalue weighted by atomic mass is 9.94. The van der Waals surface area contributed by atoms with Crippen LogP contribution >= 0.6 is 0 Å². The summed E-state index contributed by atoms with van der Waals surface area (Å²) in [5.41, 5.74) is 1.01. The first-order chi connectivity index (χ1) is 8.39. The van der Waals surface area contributed by atoms with Crippen molar-refractivity contribution in [2.24, 2.45) is 0 Å². The Hall–Kier alpha value is -1.51. The predicted molar refractivity (Wildman–Crippen MR) is 58.0 cm³/mol. The third kappa shape index (κ3) is 1.96. The molecule has 15 heavy (non-hydrogen) atoms. The molecule has 1 heterocycles. The molecular weight excluding hydrogens is 190 g/mol. The summed E-state index contributed by atoms with van der Waals surface area (Å²) in [6.07, 6.45) is 0. The molecule has 0 spiro atoms. The van der Waals surface area contributed by atoms with Crippen molar-refractivity contribution in [1.29, 1.82) is 0 Å². The Morgan fingerprint density at radius 3 is 3.27 bits per heavy atom. The third-order valence-electron chi connectivity index (χ3n) is 2.70. The van der Waals surface area contributed by atoms with Crippen LogP contribution in [0.2, 0.25) is 0 Å². The summed E-state index contributed by atoms with van der Waals surface area (Å²) in [7, 11) is 0. The molecule has 0 bridgehead atoms. The molecular formula is C12H15NO2. The molecule has 1 N–H and O–H groups in total. The summed E-state index contributed by atoms with van der Waals surface area (Å²) in [6, 6.07) is 7.31. The fourth-order valence-electron chi connectivity index (χ4n) is 1.91. The summed E-state index contributed by atoms with van der Waals surface area (Å²) >= 11 is 0. The molecule has 1 aromatic carbocycles. The molecule has 1 amide bonds.